The van der Waals surface area contributed by atoms with Crippen molar-refractivity contribution in [2.75, 3.05) is 0 Å². The van der Waals surface area contributed by atoms with Crippen LogP contribution in [-0.2, 0) is 0 Å². The van der Waals surface area contributed by atoms with Crippen LogP contribution in [0.1, 0.15) is 11.1 Å². The molecule has 6 heteroatoms. The summed E-state index contributed by atoms with van der Waals surface area (Å²) < 4.78 is 39.7. The SMILES string of the molecule is O=[N+]([O-])c1cc(F)c(F)c(F)c1C#Cc1ccccc1. The molecule has 0 atom stereocenters. The molecule has 0 saturated carbocycles. The van der Waals surface area contributed by atoms with Crippen molar-refractivity contribution in [1.82, 2.24) is 0 Å². The van der Waals surface area contributed by atoms with Gasteiger partial charge in [0, 0.05) is 5.56 Å². The van der Waals surface area contributed by atoms with Gasteiger partial charge in [0.2, 0.25) is 0 Å². The van der Waals surface area contributed by atoms with Crippen LogP contribution in [0.4, 0.5) is 18.9 Å². The molecule has 0 aromatic heterocycles. The van der Waals surface area contributed by atoms with Crippen LogP contribution in [-0.4, -0.2) is 4.92 Å². The van der Waals surface area contributed by atoms with Gasteiger partial charge in [0.1, 0.15) is 5.56 Å². The van der Waals surface area contributed by atoms with Gasteiger partial charge in [-0.1, -0.05) is 30.0 Å². The Morgan fingerprint density at radius 3 is 2.25 bits per heavy atom. The van der Waals surface area contributed by atoms with Gasteiger partial charge >= 0.3 is 0 Å². The van der Waals surface area contributed by atoms with E-state index in [1.165, 1.54) is 0 Å². The van der Waals surface area contributed by atoms with Crippen molar-refractivity contribution in [2.45, 2.75) is 0 Å². The molecule has 0 aliphatic carbocycles. The monoisotopic (exact) mass is 277 g/mol. The second-order valence-electron chi connectivity index (χ2n) is 3.75. The molecule has 0 heterocycles. The van der Waals surface area contributed by atoms with E-state index >= 15 is 0 Å². The van der Waals surface area contributed by atoms with E-state index in [9.17, 15) is 23.3 Å². The van der Waals surface area contributed by atoms with Crippen LogP contribution in [0.15, 0.2) is 36.4 Å². The van der Waals surface area contributed by atoms with Crippen LogP contribution in [0.2, 0.25) is 0 Å². The van der Waals surface area contributed by atoms with Gasteiger partial charge in [-0.2, -0.15) is 0 Å². The van der Waals surface area contributed by atoms with E-state index in [2.05, 4.69) is 11.8 Å². The predicted octanol–water partition coefficient (Wildman–Crippen LogP) is 3.41. The highest BCUT2D eigenvalue weighted by Crippen LogP contribution is 2.25. The molecule has 0 radical (unpaired) electrons. The number of nitro groups is 1. The van der Waals surface area contributed by atoms with Gasteiger partial charge in [0.05, 0.1) is 11.0 Å². The first-order valence-corrected chi connectivity index (χ1v) is 5.39. The first-order chi connectivity index (χ1) is 9.50. The molecule has 0 aliphatic heterocycles. The van der Waals surface area contributed by atoms with E-state index in [0.29, 0.717) is 11.6 Å². The Bertz CT molecular complexity index is 734. The number of hydrogen-bond donors (Lipinski definition) is 0. The molecule has 20 heavy (non-hydrogen) atoms. The Labute approximate surface area is 111 Å². The maximum absolute atomic E-state index is 13.6. The number of hydrogen-bond acceptors (Lipinski definition) is 2. The minimum absolute atomic E-state index is 0.313. The average Bonchev–Trinajstić information content (AvgIpc) is 2.44. The van der Waals surface area contributed by atoms with Crippen LogP contribution in [0.5, 0.6) is 0 Å². The maximum atomic E-state index is 13.6. The molecule has 0 unspecified atom stereocenters. The van der Waals surface area contributed by atoms with Crippen LogP contribution in [0, 0.1) is 39.4 Å². The third-order valence-corrected chi connectivity index (χ3v) is 2.44. The predicted molar refractivity (Wildman–Crippen MR) is 65.4 cm³/mol. The summed E-state index contributed by atoms with van der Waals surface area (Å²) >= 11 is 0. The molecule has 0 aliphatic rings. The molecule has 2 aromatic carbocycles. The first-order valence-electron chi connectivity index (χ1n) is 5.39. The van der Waals surface area contributed by atoms with Gasteiger partial charge in [0.15, 0.2) is 17.5 Å². The molecular weight excluding hydrogens is 271 g/mol. The third-order valence-electron chi connectivity index (χ3n) is 2.44. The molecule has 0 spiro atoms. The summed E-state index contributed by atoms with van der Waals surface area (Å²) in [5.41, 5.74) is -1.23. The quantitative estimate of drug-likeness (QED) is 0.347. The second kappa shape index (κ2) is 5.45. The molecule has 0 saturated heterocycles. The summed E-state index contributed by atoms with van der Waals surface area (Å²) in [7, 11) is 0. The van der Waals surface area contributed by atoms with Crippen molar-refractivity contribution < 1.29 is 18.1 Å². The van der Waals surface area contributed by atoms with Gasteiger partial charge < -0.3 is 0 Å². The lowest BCUT2D eigenvalue weighted by molar-refractivity contribution is -0.385. The van der Waals surface area contributed by atoms with Gasteiger partial charge in [-0.05, 0) is 12.1 Å². The zero-order valence-electron chi connectivity index (χ0n) is 9.86. The smallest absolute Gasteiger partial charge is 0.258 e. The van der Waals surface area contributed by atoms with Gasteiger partial charge in [0.25, 0.3) is 5.69 Å². The molecular formula is C14H6F3NO2. The van der Waals surface area contributed by atoms with Gasteiger partial charge in [-0.3, -0.25) is 10.1 Å². The number of nitro benzene ring substituents is 1. The highest BCUT2D eigenvalue weighted by molar-refractivity contribution is 5.54. The Balaban J connectivity index is 2.60. The Morgan fingerprint density at radius 2 is 1.65 bits per heavy atom. The molecule has 100 valence electrons. The molecule has 3 nitrogen and oxygen atoms in total. The van der Waals surface area contributed by atoms with Crippen LogP contribution in [0.25, 0.3) is 0 Å². The van der Waals surface area contributed by atoms with Crippen molar-refractivity contribution in [2.24, 2.45) is 0 Å². The lowest BCUT2D eigenvalue weighted by atomic mass is 10.1. The normalized spacial score (nSPS) is 9.75. The third kappa shape index (κ3) is 2.62. The van der Waals surface area contributed by atoms with E-state index in [4.69, 9.17) is 0 Å². The average molecular weight is 277 g/mol. The molecule has 0 fully saturated rings. The minimum Gasteiger partial charge on any atom is -0.258 e. The minimum atomic E-state index is -1.78. The van der Waals surface area contributed by atoms with E-state index in [1.807, 2.05) is 0 Å². The first kappa shape index (κ1) is 13.6. The van der Waals surface area contributed by atoms with Crippen molar-refractivity contribution in [3.8, 4) is 11.8 Å². The highest BCUT2D eigenvalue weighted by atomic mass is 19.2. The largest absolute Gasteiger partial charge is 0.291 e. The van der Waals surface area contributed by atoms with Crippen molar-refractivity contribution >= 4 is 5.69 Å². The zero-order valence-corrected chi connectivity index (χ0v) is 9.86. The summed E-state index contributed by atoms with van der Waals surface area (Å²) in [6.45, 7) is 0. The second-order valence-corrected chi connectivity index (χ2v) is 3.75. The molecule has 2 aromatic rings. The van der Waals surface area contributed by atoms with Gasteiger partial charge in [-0.25, -0.2) is 13.2 Å². The number of rotatable bonds is 1. The number of nitrogens with zero attached hydrogens (tertiary/aromatic N) is 1. The summed E-state index contributed by atoms with van der Waals surface area (Å²) in [4.78, 5) is 9.72. The molecule has 2 rings (SSSR count). The number of halogens is 3. The van der Waals surface area contributed by atoms with Crippen LogP contribution < -0.4 is 0 Å². The fourth-order valence-electron chi connectivity index (χ4n) is 1.50. The van der Waals surface area contributed by atoms with Gasteiger partial charge in [-0.15, -0.1) is 0 Å². The standard InChI is InChI=1S/C14H6F3NO2/c15-11-8-12(18(19)20)10(13(16)14(11)17)7-6-9-4-2-1-3-5-9/h1-5,8H. The van der Waals surface area contributed by atoms with E-state index in [0.717, 1.165) is 0 Å². The molecule has 0 bridgehead atoms. The fourth-order valence-corrected chi connectivity index (χ4v) is 1.50. The summed E-state index contributed by atoms with van der Waals surface area (Å²) in [5.74, 6) is -0.442. The summed E-state index contributed by atoms with van der Waals surface area (Å²) in [6.07, 6.45) is 0. The summed E-state index contributed by atoms with van der Waals surface area (Å²) in [5, 5.41) is 10.7. The van der Waals surface area contributed by atoms with Crippen LogP contribution >= 0.6 is 0 Å². The molecule has 0 amide bonds. The van der Waals surface area contributed by atoms with E-state index in [-0.39, 0.29) is 0 Å². The van der Waals surface area contributed by atoms with Crippen molar-refractivity contribution in [3.63, 3.8) is 0 Å². The zero-order chi connectivity index (χ0) is 14.7. The fraction of sp³-hybridized carbons (Fsp3) is 0. The molecule has 0 N–H and O–H groups in total. The maximum Gasteiger partial charge on any atom is 0.291 e. The topological polar surface area (TPSA) is 43.1 Å². The van der Waals surface area contributed by atoms with Crippen molar-refractivity contribution in [1.29, 1.82) is 0 Å². The lowest BCUT2D eigenvalue weighted by Gasteiger charge is -2.00. The number of benzene rings is 2. The Morgan fingerprint density at radius 1 is 1.00 bits per heavy atom. The lowest BCUT2D eigenvalue weighted by Crippen LogP contribution is -2.01. The Kier molecular flexibility index (Phi) is 3.71. The highest BCUT2D eigenvalue weighted by Gasteiger charge is 2.24. The van der Waals surface area contributed by atoms with Crippen molar-refractivity contribution in [3.05, 3.63) is 75.1 Å². The summed E-state index contributed by atoms with van der Waals surface area (Å²) in [6, 6.07) is 8.56. The van der Waals surface area contributed by atoms with Crippen LogP contribution in [0.3, 0.4) is 0 Å². The van der Waals surface area contributed by atoms with E-state index in [1.54, 1.807) is 30.3 Å². The Hall–Kier alpha value is -2.81. The van der Waals surface area contributed by atoms with E-state index < -0.39 is 33.6 Å².